The monoisotopic (exact) mass is 400 g/mol. The minimum Gasteiger partial charge on any atom is -0.401 e. The van der Waals surface area contributed by atoms with Gasteiger partial charge in [-0.25, -0.2) is 0 Å². The Morgan fingerprint density at radius 1 is 0.917 bits per heavy atom. The second kappa shape index (κ2) is 6.99. The van der Waals surface area contributed by atoms with Gasteiger partial charge in [0.25, 0.3) is 8.32 Å². The average molecular weight is 401 g/mol. The van der Waals surface area contributed by atoms with Gasteiger partial charge in [0.15, 0.2) is 0 Å². The molecule has 1 aliphatic carbocycles. The maximum Gasteiger partial charge on any atom is 0.261 e. The fraction of sp³-hybridized carbons (Fsp3) is 0.333. The number of hydrogen-bond acceptors (Lipinski definition) is 1. The van der Waals surface area contributed by atoms with E-state index in [1.165, 1.54) is 14.9 Å². The van der Waals surface area contributed by atoms with E-state index in [1.54, 1.807) is 0 Å². The maximum atomic E-state index is 7.04. The topological polar surface area (TPSA) is 9.23 Å². The molecule has 0 spiro atoms. The summed E-state index contributed by atoms with van der Waals surface area (Å²) in [4.78, 5) is 0. The smallest absolute Gasteiger partial charge is 0.261 e. The van der Waals surface area contributed by atoms with Gasteiger partial charge in [-0.3, -0.25) is 0 Å². The molecule has 1 atom stereocenters. The molecular weight excluding hydrogens is 376 g/mol. The highest BCUT2D eigenvalue weighted by atomic mass is 79.9. The third-order valence-corrected chi connectivity index (χ3v) is 10.5. The molecule has 0 N–H and O–H groups in total. The lowest BCUT2D eigenvalue weighted by Crippen LogP contribution is -2.67. The van der Waals surface area contributed by atoms with Crippen molar-refractivity contribution in [2.75, 3.05) is 0 Å². The third-order valence-electron chi connectivity index (χ3n) is 4.78. The number of halogens is 1. The Bertz CT molecular complexity index is 664. The summed E-state index contributed by atoms with van der Waals surface area (Å²) in [6.07, 6.45) is 4.57. The molecule has 2 aromatic carbocycles. The highest BCUT2D eigenvalue weighted by molar-refractivity contribution is 9.11. The first-order chi connectivity index (χ1) is 11.4. The Hall–Kier alpha value is -1.16. The fourth-order valence-electron chi connectivity index (χ4n) is 3.66. The minimum absolute atomic E-state index is 0.0403. The van der Waals surface area contributed by atoms with E-state index in [1.807, 2.05) is 0 Å². The number of allylic oxidation sites excluding steroid dienone is 1. The first-order valence-electron chi connectivity index (χ1n) is 8.58. The number of hydrogen-bond donors (Lipinski definition) is 0. The highest BCUT2D eigenvalue weighted by Gasteiger charge is 2.51. The van der Waals surface area contributed by atoms with E-state index in [2.05, 4.69) is 103 Å². The minimum atomic E-state index is -2.41. The molecule has 1 aliphatic rings. The van der Waals surface area contributed by atoms with Crippen LogP contribution in [0.15, 0.2) is 71.2 Å². The summed E-state index contributed by atoms with van der Waals surface area (Å²) in [5.74, 6) is 0. The van der Waals surface area contributed by atoms with Crippen LogP contribution in [0.2, 0.25) is 5.04 Å². The van der Waals surface area contributed by atoms with Crippen LogP contribution in [0.1, 0.15) is 33.6 Å². The first kappa shape index (κ1) is 17.7. The van der Waals surface area contributed by atoms with Gasteiger partial charge in [0, 0.05) is 0 Å². The number of benzene rings is 2. The largest absolute Gasteiger partial charge is 0.401 e. The van der Waals surface area contributed by atoms with Gasteiger partial charge < -0.3 is 4.43 Å². The van der Waals surface area contributed by atoms with Crippen LogP contribution in [-0.4, -0.2) is 14.4 Å². The van der Waals surface area contributed by atoms with Gasteiger partial charge in [0.05, 0.1) is 6.10 Å². The van der Waals surface area contributed by atoms with Crippen molar-refractivity contribution in [3.8, 4) is 0 Å². The van der Waals surface area contributed by atoms with Gasteiger partial charge >= 0.3 is 0 Å². The van der Waals surface area contributed by atoms with E-state index >= 15 is 0 Å². The summed E-state index contributed by atoms with van der Waals surface area (Å²) < 4.78 is 8.31. The Balaban J connectivity index is 2.17. The van der Waals surface area contributed by atoms with E-state index in [0.717, 1.165) is 12.8 Å². The molecule has 0 unspecified atom stereocenters. The lowest BCUT2D eigenvalue weighted by atomic mass is 10.2. The van der Waals surface area contributed by atoms with Gasteiger partial charge in [-0.05, 0) is 38.8 Å². The van der Waals surface area contributed by atoms with Crippen LogP contribution in [0.4, 0.5) is 0 Å². The molecule has 0 amide bonds. The van der Waals surface area contributed by atoms with E-state index in [-0.39, 0.29) is 11.1 Å². The Morgan fingerprint density at radius 2 is 1.42 bits per heavy atom. The van der Waals surface area contributed by atoms with E-state index in [4.69, 9.17) is 4.43 Å². The van der Waals surface area contributed by atoms with Crippen LogP contribution < -0.4 is 10.4 Å². The summed E-state index contributed by atoms with van der Waals surface area (Å²) in [6, 6.07) is 21.7. The summed E-state index contributed by atoms with van der Waals surface area (Å²) in [7, 11) is -2.41. The van der Waals surface area contributed by atoms with E-state index < -0.39 is 8.32 Å². The zero-order valence-corrected chi connectivity index (χ0v) is 17.2. The number of rotatable bonds is 4. The maximum absolute atomic E-state index is 7.04. The second-order valence-electron chi connectivity index (χ2n) is 7.47. The molecular formula is C21H25BrOSi. The Labute approximate surface area is 155 Å². The summed E-state index contributed by atoms with van der Waals surface area (Å²) in [6.45, 7) is 6.98. The normalized spacial score (nSPS) is 18.5. The molecule has 1 nitrogen and oxygen atoms in total. The zero-order valence-electron chi connectivity index (χ0n) is 14.6. The SMILES string of the molecule is CC(C)(C)[Si](O[C@@H]1C=C(Br)CC1)(c1ccccc1)c1ccccc1. The quantitative estimate of drug-likeness (QED) is 0.655. The summed E-state index contributed by atoms with van der Waals surface area (Å²) in [5.41, 5.74) is 0. The molecule has 3 heteroatoms. The van der Waals surface area contributed by atoms with Crippen molar-refractivity contribution in [3.63, 3.8) is 0 Å². The van der Waals surface area contributed by atoms with Gasteiger partial charge in [-0.1, -0.05) is 97.4 Å². The highest BCUT2D eigenvalue weighted by Crippen LogP contribution is 2.39. The van der Waals surface area contributed by atoms with Gasteiger partial charge in [0.2, 0.25) is 0 Å². The van der Waals surface area contributed by atoms with Crippen LogP contribution >= 0.6 is 15.9 Å². The second-order valence-corrected chi connectivity index (χ2v) is 12.7. The van der Waals surface area contributed by atoms with Crippen LogP contribution in [0.25, 0.3) is 0 Å². The van der Waals surface area contributed by atoms with Crippen molar-refractivity contribution in [1.82, 2.24) is 0 Å². The van der Waals surface area contributed by atoms with Crippen molar-refractivity contribution in [3.05, 3.63) is 71.2 Å². The lowest BCUT2D eigenvalue weighted by Gasteiger charge is -2.44. The van der Waals surface area contributed by atoms with Gasteiger partial charge in [-0.15, -0.1) is 0 Å². The Morgan fingerprint density at radius 3 is 1.79 bits per heavy atom. The molecule has 126 valence electrons. The van der Waals surface area contributed by atoms with Crippen LogP contribution in [0.3, 0.4) is 0 Å². The first-order valence-corrected chi connectivity index (χ1v) is 11.3. The van der Waals surface area contributed by atoms with Crippen molar-refractivity contribution in [2.45, 2.75) is 44.8 Å². The molecule has 0 heterocycles. The summed E-state index contributed by atoms with van der Waals surface area (Å²) >= 11 is 3.65. The van der Waals surface area contributed by atoms with Crippen LogP contribution in [0.5, 0.6) is 0 Å². The zero-order chi connectivity index (χ0) is 17.2. The van der Waals surface area contributed by atoms with Crippen molar-refractivity contribution >= 4 is 34.6 Å². The summed E-state index contributed by atoms with van der Waals surface area (Å²) in [5, 5.41) is 2.73. The Kier molecular flexibility index (Phi) is 5.14. The molecule has 0 radical (unpaired) electrons. The third kappa shape index (κ3) is 3.30. The van der Waals surface area contributed by atoms with Crippen molar-refractivity contribution in [1.29, 1.82) is 0 Å². The standard InChI is InChI=1S/C21H25BrOSi/c1-21(2,3)24(19-10-6-4-7-11-19,20-12-8-5-9-13-20)23-18-15-14-17(22)16-18/h4-13,16,18H,14-15H2,1-3H3/t18-/m0/s1. The molecule has 0 fully saturated rings. The molecule has 2 aromatic rings. The fourth-order valence-corrected chi connectivity index (χ4v) is 8.84. The van der Waals surface area contributed by atoms with E-state index in [9.17, 15) is 0 Å². The molecule has 0 saturated heterocycles. The predicted molar refractivity (Wildman–Crippen MR) is 109 cm³/mol. The molecule has 0 bridgehead atoms. The molecule has 3 rings (SSSR count). The molecule has 0 aliphatic heterocycles. The predicted octanol–water partition coefficient (Wildman–Crippen LogP) is 5.00. The lowest BCUT2D eigenvalue weighted by molar-refractivity contribution is 0.232. The molecule has 0 aromatic heterocycles. The molecule has 0 saturated carbocycles. The van der Waals surface area contributed by atoms with Gasteiger partial charge in [0.1, 0.15) is 0 Å². The van der Waals surface area contributed by atoms with Crippen LogP contribution in [-0.2, 0) is 4.43 Å². The van der Waals surface area contributed by atoms with E-state index in [0.29, 0.717) is 0 Å². The van der Waals surface area contributed by atoms with Crippen molar-refractivity contribution in [2.24, 2.45) is 0 Å². The van der Waals surface area contributed by atoms with Crippen LogP contribution in [0, 0.1) is 0 Å². The molecule has 24 heavy (non-hydrogen) atoms. The van der Waals surface area contributed by atoms with Gasteiger partial charge in [-0.2, -0.15) is 0 Å². The van der Waals surface area contributed by atoms with Crippen molar-refractivity contribution < 1.29 is 4.43 Å². The average Bonchev–Trinajstić information content (AvgIpc) is 2.98.